The number of halogens is 1. The summed E-state index contributed by atoms with van der Waals surface area (Å²) in [4.78, 5) is 4.50. The molecule has 136 valence electrons. The summed E-state index contributed by atoms with van der Waals surface area (Å²) in [5.74, 6) is 0. The van der Waals surface area contributed by atoms with Gasteiger partial charge in [-0.25, -0.2) is 0 Å². The molecule has 3 aromatic carbocycles. The highest BCUT2D eigenvalue weighted by Crippen LogP contribution is 2.12. The molecule has 3 rings (SSSR count). The van der Waals surface area contributed by atoms with E-state index < -0.39 is 0 Å². The molecule has 0 saturated carbocycles. The van der Waals surface area contributed by atoms with Gasteiger partial charge in [0.05, 0.1) is 5.69 Å². The average Bonchev–Trinajstić information content (AvgIpc) is 2.70. The minimum Gasteiger partial charge on any atom is -0.362 e. The summed E-state index contributed by atoms with van der Waals surface area (Å²) in [6.45, 7) is 0. The van der Waals surface area contributed by atoms with Crippen molar-refractivity contribution in [1.82, 2.24) is 0 Å². The number of benzene rings is 3. The molecular weight excluding hydrogens is 352 g/mol. The minimum atomic E-state index is 0. The van der Waals surface area contributed by atoms with E-state index in [1.165, 1.54) is 11.1 Å². The quantitative estimate of drug-likeness (QED) is 0.365. The van der Waals surface area contributed by atoms with Gasteiger partial charge < -0.3 is 5.32 Å². The van der Waals surface area contributed by atoms with Crippen LogP contribution in [-0.4, -0.2) is 6.21 Å². The van der Waals surface area contributed by atoms with E-state index in [0.29, 0.717) is 0 Å². The van der Waals surface area contributed by atoms with Crippen LogP contribution < -0.4 is 5.32 Å². The van der Waals surface area contributed by atoms with Crippen LogP contribution in [0.5, 0.6) is 0 Å². The molecule has 27 heavy (non-hydrogen) atoms. The summed E-state index contributed by atoms with van der Waals surface area (Å²) in [7, 11) is 0. The Bertz CT molecular complexity index is 870. The van der Waals surface area contributed by atoms with E-state index in [0.717, 1.165) is 17.8 Å². The molecule has 1 N–H and O–H groups in total. The van der Waals surface area contributed by atoms with Crippen LogP contribution in [0.3, 0.4) is 0 Å². The number of nitrogens with zero attached hydrogens (tertiary/aromatic N) is 1. The second-order valence-corrected chi connectivity index (χ2v) is 5.86. The summed E-state index contributed by atoms with van der Waals surface area (Å²) in [6, 6.07) is 30.5. The Balaban J connectivity index is 0.00000261. The first-order chi connectivity index (χ1) is 12.9. The number of para-hydroxylation sites is 2. The second-order valence-electron chi connectivity index (χ2n) is 5.86. The fourth-order valence-corrected chi connectivity index (χ4v) is 2.52. The summed E-state index contributed by atoms with van der Waals surface area (Å²) in [5.41, 5.74) is 4.48. The van der Waals surface area contributed by atoms with Crippen molar-refractivity contribution in [2.75, 3.05) is 5.32 Å². The molecule has 0 aliphatic heterocycles. The predicted molar refractivity (Wildman–Crippen MR) is 119 cm³/mol. The molecule has 0 aliphatic carbocycles. The van der Waals surface area contributed by atoms with Crippen LogP contribution in [0.15, 0.2) is 120 Å². The Kier molecular flexibility index (Phi) is 8.61. The molecule has 0 amide bonds. The molecule has 0 aromatic heterocycles. The van der Waals surface area contributed by atoms with Crippen LogP contribution in [0, 0.1) is 0 Å². The maximum atomic E-state index is 4.50. The molecule has 0 radical (unpaired) electrons. The molecule has 0 bridgehead atoms. The third kappa shape index (κ3) is 7.35. The zero-order valence-electron chi connectivity index (χ0n) is 15.0. The molecule has 3 heteroatoms. The summed E-state index contributed by atoms with van der Waals surface area (Å²) < 4.78 is 0. The Hall–Kier alpha value is -3.10. The fourth-order valence-electron chi connectivity index (χ4n) is 2.52. The lowest BCUT2D eigenvalue weighted by atomic mass is 10.1. The SMILES string of the molecule is C(/C=C(/C=C/Nc1ccccc1)Cc1ccccc1)=Nc1ccccc1.Cl. The highest BCUT2D eigenvalue weighted by atomic mass is 35.5. The van der Waals surface area contributed by atoms with Crippen molar-refractivity contribution in [2.45, 2.75) is 6.42 Å². The van der Waals surface area contributed by atoms with Gasteiger partial charge in [0.15, 0.2) is 0 Å². The van der Waals surface area contributed by atoms with Crippen molar-refractivity contribution in [3.63, 3.8) is 0 Å². The molecule has 0 atom stereocenters. The van der Waals surface area contributed by atoms with Gasteiger partial charge >= 0.3 is 0 Å². The lowest BCUT2D eigenvalue weighted by molar-refractivity contribution is 1.20. The lowest BCUT2D eigenvalue weighted by Crippen LogP contribution is -1.91. The van der Waals surface area contributed by atoms with Gasteiger partial charge in [0.25, 0.3) is 0 Å². The Morgan fingerprint density at radius 1 is 0.778 bits per heavy atom. The molecule has 0 aliphatic rings. The Morgan fingerprint density at radius 3 is 2.04 bits per heavy atom. The number of hydrogen-bond acceptors (Lipinski definition) is 2. The average molecular weight is 375 g/mol. The van der Waals surface area contributed by atoms with Crippen molar-refractivity contribution < 1.29 is 0 Å². The first-order valence-corrected chi connectivity index (χ1v) is 8.70. The highest BCUT2D eigenvalue weighted by Gasteiger charge is 1.96. The van der Waals surface area contributed by atoms with Gasteiger partial charge in [-0.15, -0.1) is 12.4 Å². The molecular formula is C24H23ClN2. The van der Waals surface area contributed by atoms with Crippen LogP contribution >= 0.6 is 12.4 Å². The first kappa shape index (κ1) is 20.2. The van der Waals surface area contributed by atoms with Gasteiger partial charge in [0, 0.05) is 18.1 Å². The zero-order chi connectivity index (χ0) is 17.9. The van der Waals surface area contributed by atoms with Crippen molar-refractivity contribution in [2.24, 2.45) is 4.99 Å². The molecule has 0 spiro atoms. The van der Waals surface area contributed by atoms with Gasteiger partial charge in [0.1, 0.15) is 0 Å². The maximum absolute atomic E-state index is 4.50. The molecule has 3 aromatic rings. The predicted octanol–water partition coefficient (Wildman–Crippen LogP) is 6.61. The van der Waals surface area contributed by atoms with Gasteiger partial charge in [-0.05, 0) is 54.0 Å². The summed E-state index contributed by atoms with van der Waals surface area (Å²) in [6.07, 6.45) is 8.84. The van der Waals surface area contributed by atoms with E-state index in [9.17, 15) is 0 Å². The second kappa shape index (κ2) is 11.5. The van der Waals surface area contributed by atoms with Gasteiger partial charge in [0.2, 0.25) is 0 Å². The van der Waals surface area contributed by atoms with Crippen LogP contribution in [0.4, 0.5) is 11.4 Å². The number of hydrogen-bond donors (Lipinski definition) is 1. The fraction of sp³-hybridized carbons (Fsp3) is 0.0417. The van der Waals surface area contributed by atoms with E-state index >= 15 is 0 Å². The smallest absolute Gasteiger partial charge is 0.0629 e. The molecule has 0 heterocycles. The number of rotatable bonds is 7. The van der Waals surface area contributed by atoms with Crippen molar-refractivity contribution in [3.8, 4) is 0 Å². The van der Waals surface area contributed by atoms with Crippen molar-refractivity contribution in [3.05, 3.63) is 120 Å². The minimum absolute atomic E-state index is 0. The standard InChI is InChI=1S/C24H22N2.ClH/c1-4-10-21(11-5-1)20-22(16-18-25-23-12-6-2-7-13-23)17-19-26-24-14-8-3-9-15-24;/h1-19,25H,20H2;1H/b18-16+,22-17-,26-19?;. The summed E-state index contributed by atoms with van der Waals surface area (Å²) in [5, 5.41) is 3.30. The van der Waals surface area contributed by atoms with Crippen LogP contribution in [0.1, 0.15) is 5.56 Å². The largest absolute Gasteiger partial charge is 0.362 e. The first-order valence-electron chi connectivity index (χ1n) is 8.70. The lowest BCUT2D eigenvalue weighted by Gasteiger charge is -2.03. The highest BCUT2D eigenvalue weighted by molar-refractivity contribution is 5.85. The Morgan fingerprint density at radius 2 is 1.37 bits per heavy atom. The van der Waals surface area contributed by atoms with E-state index in [-0.39, 0.29) is 12.4 Å². The van der Waals surface area contributed by atoms with E-state index in [4.69, 9.17) is 0 Å². The van der Waals surface area contributed by atoms with Crippen LogP contribution in [-0.2, 0) is 6.42 Å². The number of aliphatic imine (C=N–C) groups is 1. The molecule has 0 saturated heterocycles. The van der Waals surface area contributed by atoms with Gasteiger partial charge in [-0.2, -0.15) is 0 Å². The third-order valence-electron chi connectivity index (χ3n) is 3.84. The van der Waals surface area contributed by atoms with E-state index in [1.807, 2.05) is 79.1 Å². The van der Waals surface area contributed by atoms with E-state index in [1.54, 1.807) is 0 Å². The van der Waals surface area contributed by atoms with Crippen molar-refractivity contribution >= 4 is 30.0 Å². The molecule has 2 nitrogen and oxygen atoms in total. The summed E-state index contributed by atoms with van der Waals surface area (Å²) >= 11 is 0. The van der Waals surface area contributed by atoms with Crippen molar-refractivity contribution in [1.29, 1.82) is 0 Å². The van der Waals surface area contributed by atoms with Gasteiger partial charge in [-0.3, -0.25) is 4.99 Å². The third-order valence-corrected chi connectivity index (χ3v) is 3.84. The van der Waals surface area contributed by atoms with E-state index in [2.05, 4.69) is 46.7 Å². The van der Waals surface area contributed by atoms with Gasteiger partial charge in [-0.1, -0.05) is 66.7 Å². The maximum Gasteiger partial charge on any atom is 0.0629 e. The molecule has 0 fully saturated rings. The molecule has 0 unspecified atom stereocenters. The van der Waals surface area contributed by atoms with Crippen LogP contribution in [0.2, 0.25) is 0 Å². The zero-order valence-corrected chi connectivity index (χ0v) is 15.8. The number of nitrogens with one attached hydrogen (secondary N) is 1. The number of allylic oxidation sites excluding steroid dienone is 3. The topological polar surface area (TPSA) is 24.4 Å². The monoisotopic (exact) mass is 374 g/mol. The Labute approximate surface area is 167 Å². The normalized spacial score (nSPS) is 11.5. The van der Waals surface area contributed by atoms with Crippen LogP contribution in [0.25, 0.3) is 0 Å². The number of anilines is 1.